The van der Waals surface area contributed by atoms with Crippen LogP contribution in [-0.4, -0.2) is 58.7 Å². The lowest BCUT2D eigenvalue weighted by molar-refractivity contribution is -0.134. The minimum Gasteiger partial charge on any atom is -0.340 e. The first-order chi connectivity index (χ1) is 11.9. The minimum absolute atomic E-state index is 0. The van der Waals surface area contributed by atoms with Crippen molar-refractivity contribution in [2.24, 2.45) is 7.05 Å². The summed E-state index contributed by atoms with van der Waals surface area (Å²) in [5, 5.41) is 11.4. The van der Waals surface area contributed by atoms with Gasteiger partial charge in [0.25, 0.3) is 5.91 Å². The molecular weight excluding hydrogens is 374 g/mol. The number of hydrogen-bond donors (Lipinski definition) is 2. The quantitative estimate of drug-likeness (QED) is 0.820. The Bertz CT molecular complexity index is 768. The molecule has 0 saturated carbocycles. The molecule has 2 N–H and O–H groups in total. The van der Waals surface area contributed by atoms with E-state index in [4.69, 9.17) is 0 Å². The van der Waals surface area contributed by atoms with Crippen LogP contribution in [0.15, 0.2) is 6.07 Å². The molecule has 1 aliphatic rings. The molecule has 1 saturated heterocycles. The fourth-order valence-corrected chi connectivity index (χ4v) is 4.36. The maximum atomic E-state index is 12.6. The highest BCUT2D eigenvalue weighted by Gasteiger charge is 2.27. The predicted octanol–water partition coefficient (Wildman–Crippen LogP) is 1.69. The highest BCUT2D eigenvalue weighted by molar-refractivity contribution is 7.20. The number of likely N-dealkylation sites (N-methyl/N-ethyl adjacent to an activating group) is 1. The van der Waals surface area contributed by atoms with Crippen molar-refractivity contribution in [1.82, 2.24) is 25.3 Å². The Balaban J connectivity index is 0.00000243. The van der Waals surface area contributed by atoms with E-state index >= 15 is 0 Å². The van der Waals surface area contributed by atoms with Crippen LogP contribution in [0.25, 0.3) is 10.2 Å². The van der Waals surface area contributed by atoms with E-state index in [1.807, 2.05) is 32.0 Å². The molecule has 0 bridgehead atoms. The maximum Gasteiger partial charge on any atom is 0.262 e. The molecule has 0 radical (unpaired) electrons. The molecule has 3 rings (SSSR count). The number of carbonyl (C=O) groups excluding carboxylic acids is 2. The van der Waals surface area contributed by atoms with Gasteiger partial charge in [-0.05, 0) is 39.8 Å². The van der Waals surface area contributed by atoms with Gasteiger partial charge in [-0.3, -0.25) is 14.3 Å². The van der Waals surface area contributed by atoms with E-state index in [1.165, 1.54) is 11.3 Å². The molecule has 2 aromatic rings. The summed E-state index contributed by atoms with van der Waals surface area (Å²) in [6.07, 6.45) is 2.07. The minimum atomic E-state index is -0.535. The molecule has 2 amide bonds. The largest absolute Gasteiger partial charge is 0.340 e. The van der Waals surface area contributed by atoms with E-state index < -0.39 is 6.04 Å². The molecule has 144 valence electrons. The number of rotatable bonds is 4. The number of likely N-dealkylation sites (tertiary alicyclic amines) is 1. The monoisotopic (exact) mass is 399 g/mol. The van der Waals surface area contributed by atoms with Crippen LogP contribution in [0.2, 0.25) is 0 Å². The molecule has 3 heterocycles. The topological polar surface area (TPSA) is 79.3 Å². The predicted molar refractivity (Wildman–Crippen MR) is 106 cm³/mol. The number of aromatic nitrogens is 2. The smallest absolute Gasteiger partial charge is 0.262 e. The van der Waals surface area contributed by atoms with E-state index in [-0.39, 0.29) is 24.2 Å². The maximum absolute atomic E-state index is 12.6. The summed E-state index contributed by atoms with van der Waals surface area (Å²) in [7, 11) is 3.79. The van der Waals surface area contributed by atoms with E-state index in [0.29, 0.717) is 17.5 Å². The summed E-state index contributed by atoms with van der Waals surface area (Å²) in [4.78, 5) is 28.6. The van der Waals surface area contributed by atoms with Crippen LogP contribution in [0.5, 0.6) is 0 Å². The molecular formula is C17H26ClN5O2S. The Kier molecular flexibility index (Phi) is 6.65. The number of nitrogens with one attached hydrogen (secondary N) is 2. The zero-order valence-electron chi connectivity index (χ0n) is 15.5. The average Bonchev–Trinajstić information content (AvgIpc) is 3.16. The number of hydrogen-bond acceptors (Lipinski definition) is 5. The molecule has 1 aliphatic heterocycles. The summed E-state index contributed by atoms with van der Waals surface area (Å²) < 4.78 is 1.78. The lowest BCUT2D eigenvalue weighted by Crippen LogP contribution is -2.53. The van der Waals surface area contributed by atoms with Gasteiger partial charge in [-0.2, -0.15) is 5.10 Å². The number of amides is 2. The Labute approximate surface area is 163 Å². The Morgan fingerprint density at radius 2 is 2.15 bits per heavy atom. The lowest BCUT2D eigenvalue weighted by atomic mass is 10.1. The summed E-state index contributed by atoms with van der Waals surface area (Å²) >= 11 is 1.40. The first-order valence-corrected chi connectivity index (χ1v) is 9.42. The first-order valence-electron chi connectivity index (χ1n) is 8.60. The fraction of sp³-hybridized carbons (Fsp3) is 0.588. The van der Waals surface area contributed by atoms with E-state index in [1.54, 1.807) is 11.6 Å². The van der Waals surface area contributed by atoms with E-state index in [0.717, 1.165) is 35.3 Å². The van der Waals surface area contributed by atoms with E-state index in [9.17, 15) is 9.59 Å². The summed E-state index contributed by atoms with van der Waals surface area (Å²) in [5.41, 5.74) is 0.906. The second kappa shape index (κ2) is 8.37. The third-order valence-corrected chi connectivity index (χ3v) is 5.98. The zero-order chi connectivity index (χ0) is 18.1. The Morgan fingerprint density at radius 3 is 2.81 bits per heavy atom. The standard InChI is InChI=1S/C17H25N5O2S.ClH/c1-10-13-8-14(25-17(13)21(4)20-10)15(23)19-11(2)16(24)22-7-5-6-12(9-22)18-3;/h8,11-12,18H,5-7,9H2,1-4H3,(H,19,23);1H. The molecule has 1 fully saturated rings. The van der Waals surface area contributed by atoms with Crippen LogP contribution in [0, 0.1) is 6.92 Å². The highest BCUT2D eigenvalue weighted by atomic mass is 35.5. The molecule has 7 nitrogen and oxygen atoms in total. The summed E-state index contributed by atoms with van der Waals surface area (Å²) in [6.45, 7) is 5.13. The molecule has 0 aromatic carbocycles. The van der Waals surface area contributed by atoms with Gasteiger partial charge in [0, 0.05) is 31.6 Å². The van der Waals surface area contributed by atoms with Gasteiger partial charge in [-0.25, -0.2) is 0 Å². The third-order valence-electron chi connectivity index (χ3n) is 4.78. The van der Waals surface area contributed by atoms with Crippen LogP contribution in [0.4, 0.5) is 0 Å². The van der Waals surface area contributed by atoms with Gasteiger partial charge in [0.15, 0.2) is 0 Å². The number of aryl methyl sites for hydroxylation is 2. The molecule has 0 aliphatic carbocycles. The van der Waals surface area contributed by atoms with Gasteiger partial charge < -0.3 is 15.5 Å². The second-order valence-electron chi connectivity index (χ2n) is 6.65. The van der Waals surface area contributed by atoms with Crippen molar-refractivity contribution in [2.45, 2.75) is 38.8 Å². The Hall–Kier alpha value is -1.64. The van der Waals surface area contributed by atoms with Crippen molar-refractivity contribution < 1.29 is 9.59 Å². The van der Waals surface area contributed by atoms with Crippen molar-refractivity contribution in [3.8, 4) is 0 Å². The molecule has 26 heavy (non-hydrogen) atoms. The zero-order valence-corrected chi connectivity index (χ0v) is 17.2. The molecule has 0 spiro atoms. The van der Waals surface area contributed by atoms with Crippen LogP contribution in [0.3, 0.4) is 0 Å². The van der Waals surface area contributed by atoms with Gasteiger partial charge in [0.1, 0.15) is 10.9 Å². The van der Waals surface area contributed by atoms with Crippen molar-refractivity contribution >= 4 is 45.8 Å². The Morgan fingerprint density at radius 1 is 1.42 bits per heavy atom. The van der Waals surface area contributed by atoms with Gasteiger partial charge in [0.2, 0.25) is 5.91 Å². The number of nitrogens with zero attached hydrogens (tertiary/aromatic N) is 3. The number of halogens is 1. The number of thiophene rings is 1. The third kappa shape index (κ3) is 4.02. The molecule has 2 atom stereocenters. The number of piperidine rings is 1. The van der Waals surface area contributed by atoms with Gasteiger partial charge in [0.05, 0.1) is 10.6 Å². The normalized spacial score (nSPS) is 18.5. The van der Waals surface area contributed by atoms with Crippen LogP contribution >= 0.6 is 23.7 Å². The second-order valence-corrected chi connectivity index (χ2v) is 7.68. The van der Waals surface area contributed by atoms with Gasteiger partial charge in [-0.1, -0.05) is 0 Å². The summed E-state index contributed by atoms with van der Waals surface area (Å²) in [5.74, 6) is -0.226. The van der Waals surface area contributed by atoms with Crippen molar-refractivity contribution in [2.75, 3.05) is 20.1 Å². The number of fused-ring (bicyclic) bond motifs is 1. The van der Waals surface area contributed by atoms with Crippen LogP contribution in [-0.2, 0) is 11.8 Å². The highest BCUT2D eigenvalue weighted by Crippen LogP contribution is 2.27. The van der Waals surface area contributed by atoms with Gasteiger partial charge >= 0.3 is 0 Å². The van der Waals surface area contributed by atoms with Crippen molar-refractivity contribution in [1.29, 1.82) is 0 Å². The van der Waals surface area contributed by atoms with E-state index in [2.05, 4.69) is 15.7 Å². The van der Waals surface area contributed by atoms with Crippen molar-refractivity contribution in [3.05, 3.63) is 16.6 Å². The number of carbonyl (C=O) groups is 2. The SMILES string of the molecule is CNC1CCCN(C(=O)C(C)NC(=O)c2cc3c(C)nn(C)c3s2)C1.Cl. The van der Waals surface area contributed by atoms with Crippen LogP contribution in [0.1, 0.15) is 35.1 Å². The molecule has 2 aromatic heterocycles. The lowest BCUT2D eigenvalue weighted by Gasteiger charge is -2.34. The molecule has 2 unspecified atom stereocenters. The fourth-order valence-electron chi connectivity index (χ4n) is 3.33. The van der Waals surface area contributed by atoms with Crippen LogP contribution < -0.4 is 10.6 Å². The first kappa shape index (κ1) is 20.7. The average molecular weight is 400 g/mol. The van der Waals surface area contributed by atoms with Crippen molar-refractivity contribution in [3.63, 3.8) is 0 Å². The summed E-state index contributed by atoms with van der Waals surface area (Å²) in [6, 6.07) is 1.65. The molecule has 9 heteroatoms. The van der Waals surface area contributed by atoms with Gasteiger partial charge in [-0.15, -0.1) is 23.7 Å².